The van der Waals surface area contributed by atoms with Crippen LogP contribution in [0.5, 0.6) is 11.5 Å². The van der Waals surface area contributed by atoms with Crippen molar-refractivity contribution in [3.63, 3.8) is 0 Å². The highest BCUT2D eigenvalue weighted by Crippen LogP contribution is 2.22. The fourth-order valence-electron chi connectivity index (χ4n) is 2.93. The molecule has 1 N–H and O–H groups in total. The maximum absolute atomic E-state index is 12.6. The first-order valence-corrected chi connectivity index (χ1v) is 11.4. The van der Waals surface area contributed by atoms with E-state index in [0.29, 0.717) is 22.9 Å². The molecule has 0 fully saturated rings. The third kappa shape index (κ3) is 5.59. The molecular weight excluding hydrogens is 428 g/mol. The smallest absolute Gasteiger partial charge is 0.264 e. The van der Waals surface area contributed by atoms with E-state index < -0.39 is 10.0 Å². The molecule has 7 nitrogen and oxygen atoms in total. The van der Waals surface area contributed by atoms with Crippen LogP contribution in [-0.4, -0.2) is 35.1 Å². The molecule has 3 aromatic carbocycles. The minimum Gasteiger partial charge on any atom is -0.497 e. The number of carbonyl (C=O) groups is 1. The maximum Gasteiger partial charge on any atom is 0.264 e. The molecule has 0 aromatic heterocycles. The van der Waals surface area contributed by atoms with Gasteiger partial charge in [0.15, 0.2) is 6.61 Å². The number of likely N-dealkylation sites (N-methyl/N-ethyl adjacent to an activating group) is 1. The van der Waals surface area contributed by atoms with Crippen molar-refractivity contribution in [3.05, 3.63) is 77.9 Å². The van der Waals surface area contributed by atoms with Crippen LogP contribution in [0.4, 0.5) is 11.4 Å². The standard InChI is InChI=1S/C24H26N2O5S/c1-17-5-6-19(15-18(17)2)25-32(28,29)23-13-11-22(12-14-23)31-16-24(27)26(3)20-7-9-21(30-4)10-8-20/h5-15,25H,16H2,1-4H3. The molecule has 0 aliphatic heterocycles. The minimum absolute atomic E-state index is 0.102. The fourth-order valence-corrected chi connectivity index (χ4v) is 3.98. The van der Waals surface area contributed by atoms with Crippen molar-refractivity contribution in [2.24, 2.45) is 0 Å². The molecule has 0 spiro atoms. The molecule has 0 unspecified atom stereocenters. The van der Waals surface area contributed by atoms with Gasteiger partial charge in [-0.1, -0.05) is 6.07 Å². The molecule has 0 saturated heterocycles. The highest BCUT2D eigenvalue weighted by Gasteiger charge is 2.16. The van der Waals surface area contributed by atoms with Gasteiger partial charge in [0.2, 0.25) is 0 Å². The Bertz CT molecular complexity index is 1190. The molecule has 3 aromatic rings. The Morgan fingerprint density at radius 3 is 2.12 bits per heavy atom. The molecule has 0 aliphatic rings. The highest BCUT2D eigenvalue weighted by atomic mass is 32.2. The average Bonchev–Trinajstić information content (AvgIpc) is 2.79. The van der Waals surface area contributed by atoms with Gasteiger partial charge in [-0.05, 0) is 85.6 Å². The van der Waals surface area contributed by atoms with E-state index in [4.69, 9.17) is 9.47 Å². The molecule has 0 saturated carbocycles. The molecule has 168 valence electrons. The Morgan fingerprint density at radius 2 is 1.53 bits per heavy atom. The van der Waals surface area contributed by atoms with Crippen LogP contribution in [0.25, 0.3) is 0 Å². The van der Waals surface area contributed by atoms with Crippen molar-refractivity contribution in [2.75, 3.05) is 30.4 Å². The number of nitrogens with zero attached hydrogens (tertiary/aromatic N) is 1. The first kappa shape index (κ1) is 23.1. The molecule has 1 amide bonds. The topological polar surface area (TPSA) is 84.9 Å². The summed E-state index contributed by atoms with van der Waals surface area (Å²) in [6, 6.07) is 18.4. The minimum atomic E-state index is -3.74. The van der Waals surface area contributed by atoms with Gasteiger partial charge in [0, 0.05) is 18.4 Å². The summed E-state index contributed by atoms with van der Waals surface area (Å²) in [7, 11) is -0.506. The lowest BCUT2D eigenvalue weighted by molar-refractivity contribution is -0.120. The zero-order valence-electron chi connectivity index (χ0n) is 18.5. The number of hydrogen-bond acceptors (Lipinski definition) is 5. The van der Waals surface area contributed by atoms with Gasteiger partial charge in [-0.15, -0.1) is 0 Å². The Labute approximate surface area is 188 Å². The number of nitrogens with one attached hydrogen (secondary N) is 1. The average molecular weight is 455 g/mol. The number of aryl methyl sites for hydroxylation is 2. The summed E-state index contributed by atoms with van der Waals surface area (Å²) >= 11 is 0. The lowest BCUT2D eigenvalue weighted by Crippen LogP contribution is -2.31. The number of rotatable bonds is 8. The van der Waals surface area contributed by atoms with Crippen LogP contribution in [-0.2, 0) is 14.8 Å². The number of hydrogen-bond donors (Lipinski definition) is 1. The molecule has 0 aliphatic carbocycles. The summed E-state index contributed by atoms with van der Waals surface area (Å²) < 4.78 is 38.5. The number of anilines is 2. The molecule has 8 heteroatoms. The summed E-state index contributed by atoms with van der Waals surface area (Å²) in [6.07, 6.45) is 0. The fraction of sp³-hybridized carbons (Fsp3) is 0.208. The van der Waals surface area contributed by atoms with Crippen molar-refractivity contribution >= 4 is 27.3 Å². The number of ether oxygens (including phenoxy) is 2. The van der Waals surface area contributed by atoms with E-state index in [1.54, 1.807) is 50.6 Å². The molecule has 0 heterocycles. The second kappa shape index (κ2) is 9.74. The monoisotopic (exact) mass is 454 g/mol. The zero-order chi connectivity index (χ0) is 23.3. The van der Waals surface area contributed by atoms with E-state index in [-0.39, 0.29) is 17.4 Å². The van der Waals surface area contributed by atoms with E-state index in [9.17, 15) is 13.2 Å². The quantitative estimate of drug-likeness (QED) is 0.553. The second-order valence-corrected chi connectivity index (χ2v) is 9.00. The predicted octanol–water partition coefficient (Wildman–Crippen LogP) is 4.15. The van der Waals surface area contributed by atoms with Crippen LogP contribution in [0.3, 0.4) is 0 Å². The van der Waals surface area contributed by atoms with Crippen LogP contribution < -0.4 is 19.1 Å². The van der Waals surface area contributed by atoms with E-state index in [1.165, 1.54) is 29.2 Å². The predicted molar refractivity (Wildman–Crippen MR) is 125 cm³/mol. The summed E-state index contributed by atoms with van der Waals surface area (Å²) in [6.45, 7) is 3.70. The molecule has 32 heavy (non-hydrogen) atoms. The number of benzene rings is 3. The van der Waals surface area contributed by atoms with Crippen molar-refractivity contribution in [2.45, 2.75) is 18.7 Å². The van der Waals surface area contributed by atoms with Crippen molar-refractivity contribution < 1.29 is 22.7 Å². The normalized spacial score (nSPS) is 11.0. The SMILES string of the molecule is COc1ccc(N(C)C(=O)COc2ccc(S(=O)(=O)Nc3ccc(C)c(C)c3)cc2)cc1. The van der Waals surface area contributed by atoms with Gasteiger partial charge in [-0.25, -0.2) is 8.42 Å². The van der Waals surface area contributed by atoms with Crippen LogP contribution in [0.1, 0.15) is 11.1 Å². The summed E-state index contributed by atoms with van der Waals surface area (Å²) in [5.74, 6) is 0.850. The van der Waals surface area contributed by atoms with Crippen molar-refractivity contribution in [1.29, 1.82) is 0 Å². The first-order chi connectivity index (χ1) is 15.2. The van der Waals surface area contributed by atoms with Gasteiger partial charge in [-0.3, -0.25) is 9.52 Å². The van der Waals surface area contributed by atoms with Gasteiger partial charge >= 0.3 is 0 Å². The lowest BCUT2D eigenvalue weighted by Gasteiger charge is -2.18. The van der Waals surface area contributed by atoms with E-state index >= 15 is 0 Å². The van der Waals surface area contributed by atoms with Crippen LogP contribution in [0.2, 0.25) is 0 Å². The zero-order valence-corrected chi connectivity index (χ0v) is 19.3. The lowest BCUT2D eigenvalue weighted by atomic mass is 10.1. The molecule has 0 atom stereocenters. The Balaban J connectivity index is 1.60. The van der Waals surface area contributed by atoms with Gasteiger partial charge in [0.25, 0.3) is 15.9 Å². The second-order valence-electron chi connectivity index (χ2n) is 7.32. The van der Waals surface area contributed by atoms with Gasteiger partial charge in [0.1, 0.15) is 11.5 Å². The molecule has 3 rings (SSSR count). The first-order valence-electron chi connectivity index (χ1n) is 9.93. The summed E-state index contributed by atoms with van der Waals surface area (Å²) in [4.78, 5) is 14.0. The number of amides is 1. The van der Waals surface area contributed by atoms with E-state index in [1.807, 2.05) is 19.9 Å². The van der Waals surface area contributed by atoms with Crippen molar-refractivity contribution in [1.82, 2.24) is 0 Å². The maximum atomic E-state index is 12.6. The van der Waals surface area contributed by atoms with E-state index in [2.05, 4.69) is 4.72 Å². The molecule has 0 radical (unpaired) electrons. The Morgan fingerprint density at radius 1 is 0.906 bits per heavy atom. The Kier molecular flexibility index (Phi) is 7.05. The largest absolute Gasteiger partial charge is 0.497 e. The van der Waals surface area contributed by atoms with Crippen LogP contribution in [0.15, 0.2) is 71.6 Å². The summed E-state index contributed by atoms with van der Waals surface area (Å²) in [5, 5.41) is 0. The van der Waals surface area contributed by atoms with Gasteiger partial charge in [-0.2, -0.15) is 0 Å². The number of carbonyl (C=O) groups excluding carboxylic acids is 1. The van der Waals surface area contributed by atoms with Crippen LogP contribution >= 0.6 is 0 Å². The molecule has 0 bridgehead atoms. The number of methoxy groups -OCH3 is 1. The number of sulfonamides is 1. The highest BCUT2D eigenvalue weighted by molar-refractivity contribution is 7.92. The summed E-state index contributed by atoms with van der Waals surface area (Å²) in [5.41, 5.74) is 3.29. The third-order valence-electron chi connectivity index (χ3n) is 5.09. The molecular formula is C24H26N2O5S. The third-order valence-corrected chi connectivity index (χ3v) is 6.49. The van der Waals surface area contributed by atoms with Gasteiger partial charge in [0.05, 0.1) is 12.0 Å². The van der Waals surface area contributed by atoms with Crippen LogP contribution in [0, 0.1) is 13.8 Å². The van der Waals surface area contributed by atoms with Gasteiger partial charge < -0.3 is 14.4 Å². The van der Waals surface area contributed by atoms with Crippen molar-refractivity contribution in [3.8, 4) is 11.5 Å². The van der Waals surface area contributed by atoms with E-state index in [0.717, 1.165) is 11.1 Å². The Hall–Kier alpha value is -3.52.